The van der Waals surface area contributed by atoms with Gasteiger partial charge in [-0.1, -0.05) is 68.8 Å². The van der Waals surface area contributed by atoms with Gasteiger partial charge in [-0.2, -0.15) is 0 Å². The van der Waals surface area contributed by atoms with Gasteiger partial charge in [-0.05, 0) is 105 Å². The number of allylic oxidation sites excluding steroid dienone is 2. The lowest BCUT2D eigenvalue weighted by molar-refractivity contribution is -0.182. The number of ketones is 1. The molecule has 7 rings (SSSR count). The standard InChI is InChI=1S/C39H50N2O5/c1-25(42)46-41-30-13-14-37(6)31-29(43)21-27-28-22-34(3,32(44)45-23-26-11-9-8-10-12-26)16-15-33(28,2)17-18-35(27,4)36(31,5)19-20-39(37)38(30,7)24-40-39/h8-12,21,24,28,31H,13-20,22-23H2,1-7H3/b41-30+/t28-,31-,33+,34-,35+,36+,37+,38+,39-/m0/s1. The monoisotopic (exact) mass is 626 g/mol. The molecule has 0 N–H and O–H groups in total. The fraction of sp³-hybridized carbons (Fsp3) is 0.667. The predicted molar refractivity (Wildman–Crippen MR) is 177 cm³/mol. The van der Waals surface area contributed by atoms with Crippen molar-refractivity contribution in [3.8, 4) is 0 Å². The van der Waals surface area contributed by atoms with E-state index in [2.05, 4.69) is 46.7 Å². The smallest absolute Gasteiger partial charge is 0.331 e. The summed E-state index contributed by atoms with van der Waals surface area (Å²) in [6.07, 6.45) is 11.8. The number of aliphatic imine (C=N–C) groups is 1. The number of rotatable bonds is 4. The Balaban J connectivity index is 1.23. The molecular formula is C39H50N2O5. The minimum Gasteiger partial charge on any atom is -0.460 e. The molecule has 4 fully saturated rings. The summed E-state index contributed by atoms with van der Waals surface area (Å²) in [5.41, 5.74) is 0.931. The molecule has 4 saturated carbocycles. The van der Waals surface area contributed by atoms with Crippen LogP contribution in [0.25, 0.3) is 0 Å². The summed E-state index contributed by atoms with van der Waals surface area (Å²) in [5.74, 6) is -0.346. The second-order valence-electron chi connectivity index (χ2n) is 17.1. The number of carbonyl (C=O) groups is 3. The molecule has 0 radical (unpaired) electrons. The molecule has 0 bridgehead atoms. The number of benzene rings is 1. The molecule has 1 aromatic rings. The fourth-order valence-corrected chi connectivity index (χ4v) is 11.7. The molecule has 46 heavy (non-hydrogen) atoms. The largest absolute Gasteiger partial charge is 0.460 e. The lowest BCUT2D eigenvalue weighted by Crippen LogP contribution is -2.76. The zero-order valence-electron chi connectivity index (χ0n) is 28.7. The third kappa shape index (κ3) is 3.92. The van der Waals surface area contributed by atoms with Gasteiger partial charge in [0, 0.05) is 24.5 Å². The maximum Gasteiger partial charge on any atom is 0.331 e. The van der Waals surface area contributed by atoms with E-state index >= 15 is 0 Å². The van der Waals surface area contributed by atoms with Crippen LogP contribution in [0.2, 0.25) is 0 Å². The number of esters is 1. The molecule has 6 aliphatic rings. The van der Waals surface area contributed by atoms with E-state index in [9.17, 15) is 14.4 Å². The molecule has 0 saturated heterocycles. The highest BCUT2D eigenvalue weighted by Crippen LogP contribution is 2.77. The van der Waals surface area contributed by atoms with E-state index in [1.807, 2.05) is 42.6 Å². The molecule has 5 aliphatic carbocycles. The first-order chi connectivity index (χ1) is 21.6. The predicted octanol–water partition coefficient (Wildman–Crippen LogP) is 7.82. The van der Waals surface area contributed by atoms with Gasteiger partial charge in [0.1, 0.15) is 6.61 Å². The SMILES string of the molecule is CC(=O)O/N=C1\CC[C@]2(C)[C@H]3C(=O)C=C4[C@@H]5C[C@@](C)(C(=O)OCc6ccccc6)CC[C@]5(C)CC[C@@]4(C)[C@]3(C)CC[C@]23N=C[C@]13C. The molecule has 246 valence electrons. The van der Waals surface area contributed by atoms with Crippen LogP contribution in [0.3, 0.4) is 0 Å². The molecule has 0 amide bonds. The summed E-state index contributed by atoms with van der Waals surface area (Å²) in [4.78, 5) is 50.4. The van der Waals surface area contributed by atoms with Crippen LogP contribution in [0.1, 0.15) is 112 Å². The first kappa shape index (κ1) is 31.5. The molecule has 9 atom stereocenters. The van der Waals surface area contributed by atoms with E-state index in [1.165, 1.54) is 12.5 Å². The Labute approximate surface area is 273 Å². The minimum atomic E-state index is -0.592. The van der Waals surface area contributed by atoms with E-state index in [4.69, 9.17) is 14.6 Å². The van der Waals surface area contributed by atoms with E-state index in [-0.39, 0.29) is 51.9 Å². The van der Waals surface area contributed by atoms with Crippen LogP contribution in [-0.2, 0) is 30.6 Å². The van der Waals surface area contributed by atoms with Crippen molar-refractivity contribution in [3.05, 3.63) is 47.5 Å². The minimum absolute atomic E-state index is 0.0532. The number of oxime groups is 1. The zero-order valence-corrected chi connectivity index (χ0v) is 28.7. The topological polar surface area (TPSA) is 94.4 Å². The van der Waals surface area contributed by atoms with Crippen molar-refractivity contribution in [3.63, 3.8) is 0 Å². The number of nitrogens with zero attached hydrogens (tertiary/aromatic N) is 2. The molecule has 7 heteroatoms. The Morgan fingerprint density at radius 3 is 2.30 bits per heavy atom. The van der Waals surface area contributed by atoms with E-state index in [1.54, 1.807) is 0 Å². The summed E-state index contributed by atoms with van der Waals surface area (Å²) in [6.45, 7) is 15.4. The normalized spacial score (nSPS) is 46.4. The molecule has 0 aromatic heterocycles. The van der Waals surface area contributed by atoms with Crippen molar-refractivity contribution < 1.29 is 24.0 Å². The maximum absolute atomic E-state index is 14.8. The van der Waals surface area contributed by atoms with Gasteiger partial charge in [0.15, 0.2) is 5.78 Å². The van der Waals surface area contributed by atoms with Crippen molar-refractivity contribution in [2.75, 3.05) is 0 Å². The lowest BCUT2D eigenvalue weighted by atomic mass is 9.31. The molecule has 1 aromatic carbocycles. The Kier molecular flexibility index (Phi) is 6.82. The van der Waals surface area contributed by atoms with Crippen molar-refractivity contribution >= 4 is 29.6 Å². The molecule has 1 aliphatic heterocycles. The first-order valence-corrected chi connectivity index (χ1v) is 17.4. The summed E-state index contributed by atoms with van der Waals surface area (Å²) >= 11 is 0. The number of ether oxygens (including phenoxy) is 1. The van der Waals surface area contributed by atoms with Gasteiger partial charge in [0.05, 0.1) is 22.1 Å². The molecule has 0 unspecified atom stereocenters. The van der Waals surface area contributed by atoms with Crippen molar-refractivity contribution in [1.29, 1.82) is 0 Å². The van der Waals surface area contributed by atoms with Crippen molar-refractivity contribution in [1.82, 2.24) is 0 Å². The van der Waals surface area contributed by atoms with Crippen molar-refractivity contribution in [2.45, 2.75) is 118 Å². The van der Waals surface area contributed by atoms with Gasteiger partial charge in [0.2, 0.25) is 0 Å². The summed E-state index contributed by atoms with van der Waals surface area (Å²) in [6, 6.07) is 9.88. The van der Waals surface area contributed by atoms with Gasteiger partial charge in [0.25, 0.3) is 0 Å². The van der Waals surface area contributed by atoms with Gasteiger partial charge in [-0.25, -0.2) is 4.79 Å². The molecule has 1 spiro atoms. The van der Waals surface area contributed by atoms with Crippen LogP contribution in [0.15, 0.2) is 52.1 Å². The molecule has 7 nitrogen and oxygen atoms in total. The fourth-order valence-electron chi connectivity index (χ4n) is 11.7. The van der Waals surface area contributed by atoms with Crippen LogP contribution in [-0.4, -0.2) is 35.2 Å². The number of hydrogen-bond acceptors (Lipinski definition) is 7. The van der Waals surface area contributed by atoms with Crippen LogP contribution >= 0.6 is 0 Å². The third-order valence-electron chi connectivity index (χ3n) is 14.9. The maximum atomic E-state index is 14.8. The van der Waals surface area contributed by atoms with Crippen LogP contribution in [0, 0.1) is 44.3 Å². The van der Waals surface area contributed by atoms with E-state index in [0.29, 0.717) is 12.8 Å². The Bertz CT molecular complexity index is 1600. The molecular weight excluding hydrogens is 576 g/mol. The summed E-state index contributed by atoms with van der Waals surface area (Å²) in [5, 5.41) is 4.33. The third-order valence-corrected chi connectivity index (χ3v) is 14.9. The second-order valence-corrected chi connectivity index (χ2v) is 17.1. The Morgan fingerprint density at radius 1 is 0.913 bits per heavy atom. The Morgan fingerprint density at radius 2 is 1.63 bits per heavy atom. The average Bonchev–Trinajstić information content (AvgIpc) is 3.01. The van der Waals surface area contributed by atoms with Crippen molar-refractivity contribution in [2.24, 2.45) is 54.5 Å². The highest BCUT2D eigenvalue weighted by Gasteiger charge is 2.77. The average molecular weight is 627 g/mol. The van der Waals surface area contributed by atoms with Gasteiger partial charge in [-0.3, -0.25) is 14.6 Å². The van der Waals surface area contributed by atoms with Crippen LogP contribution in [0.4, 0.5) is 0 Å². The van der Waals surface area contributed by atoms with E-state index in [0.717, 1.165) is 56.2 Å². The number of fused-ring (bicyclic) bond motifs is 6. The van der Waals surface area contributed by atoms with Gasteiger partial charge >= 0.3 is 11.9 Å². The lowest BCUT2D eigenvalue weighted by Gasteiger charge is -2.74. The highest BCUT2D eigenvalue weighted by molar-refractivity contribution is 6.09. The number of carbonyl (C=O) groups excluding carboxylic acids is 3. The van der Waals surface area contributed by atoms with E-state index < -0.39 is 22.3 Å². The second kappa shape index (κ2) is 9.96. The van der Waals surface area contributed by atoms with Gasteiger partial charge < -0.3 is 9.57 Å². The Hall–Kier alpha value is -3.09. The first-order valence-electron chi connectivity index (χ1n) is 17.4. The quantitative estimate of drug-likeness (QED) is 0.193. The highest BCUT2D eigenvalue weighted by atomic mass is 16.7. The van der Waals surface area contributed by atoms with Crippen LogP contribution < -0.4 is 0 Å². The molecule has 1 heterocycles. The van der Waals surface area contributed by atoms with Gasteiger partial charge in [-0.15, -0.1) is 0 Å². The summed E-state index contributed by atoms with van der Waals surface area (Å²) in [7, 11) is 0. The zero-order chi connectivity index (χ0) is 33.0. The van der Waals surface area contributed by atoms with Crippen LogP contribution in [0.5, 0.6) is 0 Å². The summed E-state index contributed by atoms with van der Waals surface area (Å²) < 4.78 is 5.94. The number of hydrogen-bond donors (Lipinski definition) is 0.